The first-order valence-electron chi connectivity index (χ1n) is 10.5. The van der Waals surface area contributed by atoms with Gasteiger partial charge in [-0.3, -0.25) is 5.41 Å². The number of nitrogens with one attached hydrogen (secondary N) is 1. The van der Waals surface area contributed by atoms with E-state index in [0.717, 1.165) is 56.8 Å². The van der Waals surface area contributed by atoms with Gasteiger partial charge in [0.05, 0.1) is 19.8 Å². The Morgan fingerprint density at radius 1 is 0.880 bits per heavy atom. The Kier molecular flexibility index (Phi) is 3.61. The largest absolute Gasteiger partial charge is 0.481 e. The molecule has 3 saturated carbocycles. The van der Waals surface area contributed by atoms with Crippen LogP contribution in [0.3, 0.4) is 0 Å². The summed E-state index contributed by atoms with van der Waals surface area (Å²) >= 11 is 0. The number of fused-ring (bicyclic) bond motifs is 6. The maximum atomic E-state index is 8.07. The van der Waals surface area contributed by atoms with E-state index in [4.69, 9.17) is 19.6 Å². The molecule has 6 unspecified atom stereocenters. The lowest BCUT2D eigenvalue weighted by atomic mass is 9.46. The molecule has 4 nitrogen and oxygen atoms in total. The molecule has 140 valence electrons. The van der Waals surface area contributed by atoms with Crippen molar-refractivity contribution in [3.05, 3.63) is 0 Å². The zero-order chi connectivity index (χ0) is 17.3. The molecule has 6 atom stereocenters. The van der Waals surface area contributed by atoms with E-state index in [1.165, 1.54) is 32.1 Å². The SMILES string of the molecule is CC12CCOC(=N)CC1CCC1C2CCC2(C)C1CCC21OCCO1. The highest BCUT2D eigenvalue weighted by atomic mass is 16.7. The van der Waals surface area contributed by atoms with Crippen LogP contribution >= 0.6 is 0 Å². The molecule has 1 N–H and O–H groups in total. The molecule has 0 amide bonds. The van der Waals surface area contributed by atoms with E-state index in [2.05, 4.69) is 13.8 Å². The molecule has 5 fully saturated rings. The summed E-state index contributed by atoms with van der Waals surface area (Å²) in [6.45, 7) is 7.28. The van der Waals surface area contributed by atoms with Crippen LogP contribution in [0.5, 0.6) is 0 Å². The van der Waals surface area contributed by atoms with Crippen LogP contribution in [0.15, 0.2) is 0 Å². The van der Waals surface area contributed by atoms with Crippen LogP contribution in [0, 0.1) is 39.9 Å². The minimum Gasteiger partial charge on any atom is -0.481 e. The van der Waals surface area contributed by atoms with E-state index in [-0.39, 0.29) is 11.2 Å². The molecule has 2 saturated heterocycles. The lowest BCUT2D eigenvalue weighted by Crippen LogP contribution is -2.56. The van der Waals surface area contributed by atoms with E-state index in [9.17, 15) is 0 Å². The third-order valence-corrected chi connectivity index (χ3v) is 9.21. The van der Waals surface area contributed by atoms with Gasteiger partial charge in [0.1, 0.15) is 0 Å². The third-order valence-electron chi connectivity index (χ3n) is 9.21. The van der Waals surface area contributed by atoms with Gasteiger partial charge in [-0.25, -0.2) is 0 Å². The van der Waals surface area contributed by atoms with E-state index < -0.39 is 0 Å². The first-order chi connectivity index (χ1) is 12.0. The fourth-order valence-corrected chi connectivity index (χ4v) is 7.82. The molecule has 0 radical (unpaired) electrons. The average Bonchev–Trinajstić information content (AvgIpc) is 3.13. The second-order valence-electron chi connectivity index (χ2n) is 9.83. The second-order valence-corrected chi connectivity index (χ2v) is 9.83. The van der Waals surface area contributed by atoms with Crippen molar-refractivity contribution >= 4 is 5.90 Å². The molecule has 25 heavy (non-hydrogen) atoms. The molecule has 2 heterocycles. The smallest absolute Gasteiger partial charge is 0.180 e. The summed E-state index contributed by atoms with van der Waals surface area (Å²) in [4.78, 5) is 0. The fourth-order valence-electron chi connectivity index (χ4n) is 7.82. The van der Waals surface area contributed by atoms with Gasteiger partial charge < -0.3 is 14.2 Å². The molecule has 0 aromatic heterocycles. The Bertz CT molecular complexity index is 571. The van der Waals surface area contributed by atoms with Crippen molar-refractivity contribution in [1.29, 1.82) is 5.41 Å². The lowest BCUT2D eigenvalue weighted by Gasteiger charge is -2.59. The first-order valence-corrected chi connectivity index (χ1v) is 10.5. The number of hydrogen-bond acceptors (Lipinski definition) is 4. The van der Waals surface area contributed by atoms with Crippen LogP contribution in [0.25, 0.3) is 0 Å². The molecule has 0 bridgehead atoms. The Labute approximate surface area is 151 Å². The monoisotopic (exact) mass is 347 g/mol. The zero-order valence-corrected chi connectivity index (χ0v) is 15.8. The van der Waals surface area contributed by atoms with E-state index in [0.29, 0.717) is 17.2 Å². The summed E-state index contributed by atoms with van der Waals surface area (Å²) in [5.41, 5.74) is 0.544. The van der Waals surface area contributed by atoms with Crippen LogP contribution in [0.4, 0.5) is 0 Å². The highest BCUT2D eigenvalue weighted by molar-refractivity contribution is 5.73. The summed E-state index contributed by atoms with van der Waals surface area (Å²) < 4.78 is 18.2. The fraction of sp³-hybridized carbons (Fsp3) is 0.952. The summed E-state index contributed by atoms with van der Waals surface area (Å²) in [5.74, 6) is 3.22. The average molecular weight is 347 g/mol. The molecule has 3 aliphatic carbocycles. The quantitative estimate of drug-likeness (QED) is 0.707. The molecule has 2 aliphatic heterocycles. The molecule has 0 aromatic rings. The number of hydrogen-bond donors (Lipinski definition) is 1. The lowest BCUT2D eigenvalue weighted by molar-refractivity contribution is -0.246. The van der Waals surface area contributed by atoms with Crippen LogP contribution in [0.1, 0.15) is 65.2 Å². The third kappa shape index (κ3) is 2.10. The Morgan fingerprint density at radius 2 is 1.64 bits per heavy atom. The van der Waals surface area contributed by atoms with Crippen molar-refractivity contribution in [3.63, 3.8) is 0 Å². The second kappa shape index (κ2) is 5.45. The van der Waals surface area contributed by atoms with Crippen molar-refractivity contribution in [1.82, 2.24) is 0 Å². The van der Waals surface area contributed by atoms with Crippen LogP contribution < -0.4 is 0 Å². The first kappa shape index (κ1) is 16.6. The standard InChI is InChI=1S/C21H33NO3/c1-19-9-10-23-18(22)13-14(19)3-4-15-16(19)5-7-20(2)17(15)6-8-21(20)24-11-12-25-21/h14-17,22H,3-13H2,1-2H3. The molecule has 1 spiro atoms. The van der Waals surface area contributed by atoms with Crippen LogP contribution in [-0.4, -0.2) is 31.5 Å². The van der Waals surface area contributed by atoms with Gasteiger partial charge in [0.15, 0.2) is 11.7 Å². The van der Waals surface area contributed by atoms with Crippen molar-refractivity contribution in [2.45, 2.75) is 71.0 Å². The maximum absolute atomic E-state index is 8.07. The van der Waals surface area contributed by atoms with E-state index >= 15 is 0 Å². The van der Waals surface area contributed by atoms with E-state index in [1.54, 1.807) is 0 Å². The van der Waals surface area contributed by atoms with Crippen molar-refractivity contribution in [2.24, 2.45) is 34.5 Å². The van der Waals surface area contributed by atoms with Gasteiger partial charge in [0, 0.05) is 18.3 Å². The number of rotatable bonds is 0. The van der Waals surface area contributed by atoms with Gasteiger partial charge in [-0.15, -0.1) is 0 Å². The minimum absolute atomic E-state index is 0.196. The molecule has 0 aromatic carbocycles. The Morgan fingerprint density at radius 3 is 2.44 bits per heavy atom. The van der Waals surface area contributed by atoms with Crippen LogP contribution in [0.2, 0.25) is 0 Å². The van der Waals surface area contributed by atoms with Gasteiger partial charge in [-0.1, -0.05) is 13.8 Å². The van der Waals surface area contributed by atoms with Crippen molar-refractivity contribution in [2.75, 3.05) is 19.8 Å². The predicted molar refractivity (Wildman–Crippen MR) is 95.4 cm³/mol. The van der Waals surface area contributed by atoms with Crippen LogP contribution in [-0.2, 0) is 14.2 Å². The maximum Gasteiger partial charge on any atom is 0.180 e. The van der Waals surface area contributed by atoms with Gasteiger partial charge >= 0.3 is 0 Å². The topological polar surface area (TPSA) is 51.5 Å². The molecule has 5 rings (SSSR count). The Hall–Kier alpha value is -0.610. The van der Waals surface area contributed by atoms with Gasteiger partial charge in [0.2, 0.25) is 0 Å². The van der Waals surface area contributed by atoms with Crippen molar-refractivity contribution < 1.29 is 14.2 Å². The summed E-state index contributed by atoms with van der Waals surface area (Å²) in [5, 5.41) is 8.07. The van der Waals surface area contributed by atoms with Crippen molar-refractivity contribution in [3.8, 4) is 0 Å². The molecular weight excluding hydrogens is 314 g/mol. The Balaban J connectivity index is 1.46. The highest BCUT2D eigenvalue weighted by Gasteiger charge is 2.67. The minimum atomic E-state index is -0.283. The molecule has 5 aliphatic rings. The molecular formula is C21H33NO3. The predicted octanol–water partition coefficient (Wildman–Crippen LogP) is 4.38. The summed E-state index contributed by atoms with van der Waals surface area (Å²) in [7, 11) is 0. The normalized spacial score (nSPS) is 51.4. The van der Waals surface area contributed by atoms with E-state index in [1.807, 2.05) is 0 Å². The summed E-state index contributed by atoms with van der Waals surface area (Å²) in [6.07, 6.45) is 9.47. The molecule has 4 heteroatoms. The van der Waals surface area contributed by atoms with Gasteiger partial charge in [-0.2, -0.15) is 0 Å². The zero-order valence-electron chi connectivity index (χ0n) is 15.8. The highest BCUT2D eigenvalue weighted by Crippen LogP contribution is 2.68. The van der Waals surface area contributed by atoms with Gasteiger partial charge in [-0.05, 0) is 67.6 Å². The summed E-state index contributed by atoms with van der Waals surface area (Å²) in [6, 6.07) is 0. The number of ether oxygens (including phenoxy) is 3. The van der Waals surface area contributed by atoms with Gasteiger partial charge in [0.25, 0.3) is 0 Å².